The van der Waals surface area contributed by atoms with Crippen LogP contribution in [-0.4, -0.2) is 78.9 Å². The van der Waals surface area contributed by atoms with Gasteiger partial charge in [0, 0.05) is 11.8 Å². The van der Waals surface area contributed by atoms with Gasteiger partial charge in [-0.2, -0.15) is 10.0 Å². The lowest BCUT2D eigenvalue weighted by atomic mass is 10.2. The molecular formula is C10H16Cl2N6O6S. The molecule has 12 nitrogen and oxygen atoms in total. The molecule has 0 spiro atoms. The summed E-state index contributed by atoms with van der Waals surface area (Å²) >= 11 is 10.9. The first-order valence-corrected chi connectivity index (χ1v) is 9.82. The average Bonchev–Trinajstić information content (AvgIpc) is 2.83. The van der Waals surface area contributed by atoms with E-state index < -0.39 is 45.5 Å². The van der Waals surface area contributed by atoms with Gasteiger partial charge in [-0.05, 0) is 0 Å². The van der Waals surface area contributed by atoms with Gasteiger partial charge in [-0.1, -0.05) is 0 Å². The van der Waals surface area contributed by atoms with E-state index in [9.17, 15) is 27.8 Å². The first kappa shape index (κ1) is 21.3. The molecule has 1 aliphatic heterocycles. The van der Waals surface area contributed by atoms with E-state index in [0.717, 1.165) is 0 Å². The van der Waals surface area contributed by atoms with Crippen LogP contribution < -0.4 is 10.6 Å². The van der Waals surface area contributed by atoms with E-state index in [0.29, 0.717) is 10.0 Å². The molecule has 2 unspecified atom stereocenters. The van der Waals surface area contributed by atoms with E-state index in [1.54, 1.807) is 0 Å². The number of nitroso groups, excluding NO2 is 2. The number of halogens is 2. The summed E-state index contributed by atoms with van der Waals surface area (Å²) in [5.41, 5.74) is 0. The van der Waals surface area contributed by atoms with E-state index in [4.69, 9.17) is 23.2 Å². The molecule has 4 amide bonds. The van der Waals surface area contributed by atoms with Crippen molar-refractivity contribution < 1.29 is 18.0 Å². The minimum atomic E-state index is -3.56. The molecule has 2 atom stereocenters. The molecule has 0 aliphatic carbocycles. The van der Waals surface area contributed by atoms with Crippen molar-refractivity contribution in [2.75, 3.05) is 36.4 Å². The Labute approximate surface area is 153 Å². The molecule has 0 aromatic rings. The van der Waals surface area contributed by atoms with E-state index >= 15 is 0 Å². The van der Waals surface area contributed by atoms with Gasteiger partial charge in [-0.3, -0.25) is 0 Å². The number of nitrogens with one attached hydrogen (secondary N) is 2. The Hall–Kier alpha value is -1.73. The van der Waals surface area contributed by atoms with Gasteiger partial charge >= 0.3 is 12.1 Å². The van der Waals surface area contributed by atoms with Crippen molar-refractivity contribution in [2.24, 2.45) is 10.6 Å². The third kappa shape index (κ3) is 6.25. The summed E-state index contributed by atoms with van der Waals surface area (Å²) in [7, 11) is -3.56. The summed E-state index contributed by atoms with van der Waals surface area (Å²) in [5.74, 6) is -1.02. The van der Waals surface area contributed by atoms with Crippen LogP contribution >= 0.6 is 23.2 Å². The fourth-order valence-electron chi connectivity index (χ4n) is 2.12. The Kier molecular flexibility index (Phi) is 8.25. The smallest absolute Gasteiger partial charge is 0.331 e. The van der Waals surface area contributed by atoms with Crippen LogP contribution in [0.15, 0.2) is 10.6 Å². The average molecular weight is 419 g/mol. The number of nitrogens with zero attached hydrogens (tertiary/aromatic N) is 4. The van der Waals surface area contributed by atoms with Crippen LogP contribution in [0.4, 0.5) is 9.59 Å². The van der Waals surface area contributed by atoms with Gasteiger partial charge in [0.2, 0.25) is 0 Å². The number of hydrogen-bond donors (Lipinski definition) is 2. The highest BCUT2D eigenvalue weighted by molar-refractivity contribution is 7.91. The van der Waals surface area contributed by atoms with Gasteiger partial charge in [-0.15, -0.1) is 33.0 Å². The van der Waals surface area contributed by atoms with Crippen LogP contribution in [0.2, 0.25) is 0 Å². The number of hydrogen-bond acceptors (Lipinski definition) is 8. The predicted molar refractivity (Wildman–Crippen MR) is 89.7 cm³/mol. The van der Waals surface area contributed by atoms with Crippen LogP contribution in [0.5, 0.6) is 0 Å². The molecule has 1 fully saturated rings. The minimum absolute atomic E-state index is 0.0549. The van der Waals surface area contributed by atoms with Crippen molar-refractivity contribution in [3.63, 3.8) is 0 Å². The second-order valence-electron chi connectivity index (χ2n) is 4.98. The van der Waals surface area contributed by atoms with E-state index in [1.165, 1.54) is 0 Å². The molecule has 1 heterocycles. The highest BCUT2D eigenvalue weighted by atomic mass is 35.5. The molecule has 25 heavy (non-hydrogen) atoms. The minimum Gasteiger partial charge on any atom is -0.331 e. The Morgan fingerprint density at radius 1 is 0.920 bits per heavy atom. The zero-order valence-corrected chi connectivity index (χ0v) is 15.1. The lowest BCUT2D eigenvalue weighted by Gasteiger charge is -2.23. The van der Waals surface area contributed by atoms with Crippen LogP contribution in [0.25, 0.3) is 0 Å². The fourth-order valence-corrected chi connectivity index (χ4v) is 4.30. The summed E-state index contributed by atoms with van der Waals surface area (Å²) in [4.78, 5) is 45.0. The van der Waals surface area contributed by atoms with Gasteiger partial charge < -0.3 is 10.6 Å². The van der Waals surface area contributed by atoms with Crippen LogP contribution in [0, 0.1) is 9.81 Å². The van der Waals surface area contributed by atoms with Gasteiger partial charge in [0.1, 0.15) is 0 Å². The van der Waals surface area contributed by atoms with Gasteiger partial charge in [0.15, 0.2) is 9.84 Å². The molecule has 15 heteroatoms. The Bertz CT molecular complexity index is 573. The summed E-state index contributed by atoms with van der Waals surface area (Å²) in [6, 6.07) is -3.96. The van der Waals surface area contributed by atoms with Crippen molar-refractivity contribution in [1.82, 2.24) is 20.7 Å². The first-order valence-electron chi connectivity index (χ1n) is 6.93. The molecule has 1 rings (SSSR count). The fraction of sp³-hybridized carbons (Fsp3) is 0.800. The van der Waals surface area contributed by atoms with Crippen molar-refractivity contribution >= 4 is 45.1 Å². The summed E-state index contributed by atoms with van der Waals surface area (Å²) < 4.78 is 23.6. The van der Waals surface area contributed by atoms with Crippen LogP contribution in [-0.2, 0) is 9.84 Å². The zero-order chi connectivity index (χ0) is 19.0. The molecule has 2 N–H and O–H groups in total. The van der Waals surface area contributed by atoms with Gasteiger partial charge in [0.05, 0.1) is 47.3 Å². The highest BCUT2D eigenvalue weighted by Gasteiger charge is 2.40. The van der Waals surface area contributed by atoms with Gasteiger partial charge in [-0.25, -0.2) is 18.0 Å². The Morgan fingerprint density at radius 2 is 1.28 bits per heavy atom. The van der Waals surface area contributed by atoms with Gasteiger partial charge in [0.25, 0.3) is 0 Å². The zero-order valence-electron chi connectivity index (χ0n) is 12.8. The van der Waals surface area contributed by atoms with Crippen molar-refractivity contribution in [3.05, 3.63) is 9.81 Å². The lowest BCUT2D eigenvalue weighted by Crippen LogP contribution is -2.55. The van der Waals surface area contributed by atoms with E-state index in [2.05, 4.69) is 21.2 Å². The monoisotopic (exact) mass is 418 g/mol. The molecule has 0 saturated carbocycles. The maximum Gasteiger partial charge on any atom is 0.340 e. The third-order valence-electron chi connectivity index (χ3n) is 3.23. The number of carbonyl (C=O) groups excluding carboxylic acids is 2. The maximum atomic E-state index is 11.9. The Morgan fingerprint density at radius 3 is 1.56 bits per heavy atom. The molecule has 142 valence electrons. The number of carbonyl (C=O) groups is 2. The van der Waals surface area contributed by atoms with E-state index in [-0.39, 0.29) is 24.8 Å². The maximum absolute atomic E-state index is 11.9. The molecule has 0 aromatic carbocycles. The normalized spacial score (nSPS) is 21.2. The second-order valence-corrected chi connectivity index (χ2v) is 7.89. The first-order chi connectivity index (χ1) is 11.8. The number of amides is 4. The predicted octanol–water partition coefficient (Wildman–Crippen LogP) is 0.0156. The summed E-state index contributed by atoms with van der Waals surface area (Å²) in [6.07, 6.45) is 0. The summed E-state index contributed by atoms with van der Waals surface area (Å²) in [6.45, 7) is -0.349. The van der Waals surface area contributed by atoms with Crippen LogP contribution in [0.1, 0.15) is 0 Å². The molecule has 0 bridgehead atoms. The SMILES string of the molecule is O=NN(CCCl)C(=O)NC1CS(=O)(=O)CC1NC(=O)N(CCCl)N=O. The van der Waals surface area contributed by atoms with Crippen molar-refractivity contribution in [3.8, 4) is 0 Å². The molecule has 0 aromatic heterocycles. The lowest BCUT2D eigenvalue weighted by molar-refractivity contribution is 0.189. The summed E-state index contributed by atoms with van der Waals surface area (Å²) in [5, 5.41) is 10.5. The number of sulfone groups is 1. The van der Waals surface area contributed by atoms with Crippen molar-refractivity contribution in [1.29, 1.82) is 0 Å². The van der Waals surface area contributed by atoms with Crippen molar-refractivity contribution in [2.45, 2.75) is 12.1 Å². The number of rotatable bonds is 8. The highest BCUT2D eigenvalue weighted by Crippen LogP contribution is 2.14. The third-order valence-corrected chi connectivity index (χ3v) is 5.30. The molecule has 1 saturated heterocycles. The molecule has 0 radical (unpaired) electrons. The second kappa shape index (κ2) is 9.68. The van der Waals surface area contributed by atoms with Crippen LogP contribution in [0.3, 0.4) is 0 Å². The molecule has 1 aliphatic rings. The largest absolute Gasteiger partial charge is 0.340 e. The standard InChI is InChI=1S/C10H16Cl2N6O6S/c11-1-3-17(15-21)9(19)13-7-5-25(23,24)6-8(7)14-10(20)18(16-22)4-2-12/h7-8H,1-6H2,(H,13,19)(H,14,20). The quantitative estimate of drug-likeness (QED) is 0.321. The number of alkyl halides is 2. The Balaban J connectivity index is 2.82. The van der Waals surface area contributed by atoms with E-state index in [1.807, 2.05) is 0 Å². The molecular weight excluding hydrogens is 403 g/mol. The topological polar surface area (TPSA) is 158 Å². The number of urea groups is 2.